The third-order valence-corrected chi connectivity index (χ3v) is 5.38. The van der Waals surface area contributed by atoms with E-state index < -0.39 is 11.3 Å². The molecule has 3 rings (SSSR count). The van der Waals surface area contributed by atoms with Gasteiger partial charge in [0.2, 0.25) is 0 Å². The number of anilines is 1. The first kappa shape index (κ1) is 12.8. The van der Waals surface area contributed by atoms with Gasteiger partial charge >= 0.3 is 0 Å². The predicted octanol–water partition coefficient (Wildman–Crippen LogP) is 2.36. The van der Waals surface area contributed by atoms with Crippen LogP contribution in [-0.4, -0.2) is 30.0 Å². The summed E-state index contributed by atoms with van der Waals surface area (Å²) in [6.07, 6.45) is -0.273. The van der Waals surface area contributed by atoms with Crippen molar-refractivity contribution in [3.63, 3.8) is 0 Å². The fraction of sp³-hybridized carbons (Fsp3) is 0.615. The maximum absolute atomic E-state index is 14.4. The van der Waals surface area contributed by atoms with Crippen LogP contribution in [0, 0.1) is 11.3 Å². The summed E-state index contributed by atoms with van der Waals surface area (Å²) in [6, 6.07) is 2.26. The molecule has 2 aliphatic rings. The molecule has 0 aromatic carbocycles. The first-order chi connectivity index (χ1) is 8.82. The van der Waals surface area contributed by atoms with Gasteiger partial charge < -0.3 is 5.73 Å². The quantitative estimate of drug-likeness (QED) is 0.860. The van der Waals surface area contributed by atoms with Crippen molar-refractivity contribution in [2.24, 2.45) is 0 Å². The Morgan fingerprint density at radius 3 is 2.58 bits per heavy atom. The van der Waals surface area contributed by atoms with E-state index in [1.807, 2.05) is 24.8 Å². The van der Waals surface area contributed by atoms with Crippen LogP contribution in [0.3, 0.4) is 0 Å². The molecule has 0 unspecified atom stereocenters. The Hall–Kier alpha value is -1.19. The van der Waals surface area contributed by atoms with Gasteiger partial charge in [-0.05, 0) is 13.8 Å². The maximum Gasteiger partial charge on any atom is 0.264 e. The van der Waals surface area contributed by atoms with Gasteiger partial charge in [-0.15, -0.1) is 11.3 Å². The molecular weight excluding hydrogens is 268 g/mol. The van der Waals surface area contributed by atoms with Crippen molar-refractivity contribution in [2.45, 2.75) is 37.6 Å². The fourth-order valence-electron chi connectivity index (χ4n) is 3.19. The molecule has 0 radical (unpaired) electrons. The molecule has 6 heteroatoms. The van der Waals surface area contributed by atoms with Crippen LogP contribution in [0.15, 0.2) is 0 Å². The Bertz CT molecular complexity index is 579. The van der Waals surface area contributed by atoms with E-state index in [4.69, 9.17) is 5.73 Å². The highest BCUT2D eigenvalue weighted by atomic mass is 32.1. The Labute approximate surface area is 114 Å². The number of nitrogens with two attached hydrogens (primary N) is 1. The topological polar surface area (TPSA) is 53.0 Å². The van der Waals surface area contributed by atoms with Crippen LogP contribution in [-0.2, 0) is 11.8 Å². The van der Waals surface area contributed by atoms with Crippen molar-refractivity contribution in [2.75, 3.05) is 18.8 Å². The third-order valence-electron chi connectivity index (χ3n) is 4.36. The third kappa shape index (κ3) is 1.43. The minimum absolute atomic E-state index is 0.243. The lowest BCUT2D eigenvalue weighted by Gasteiger charge is -2.53. The van der Waals surface area contributed by atoms with Crippen LogP contribution in [0.1, 0.15) is 29.9 Å². The van der Waals surface area contributed by atoms with Crippen molar-refractivity contribution in [1.29, 1.82) is 5.26 Å². The van der Waals surface area contributed by atoms with E-state index in [1.165, 1.54) is 0 Å². The van der Waals surface area contributed by atoms with E-state index in [1.54, 1.807) is 0 Å². The highest BCUT2D eigenvalue weighted by Gasteiger charge is 2.67. The van der Waals surface area contributed by atoms with E-state index in [2.05, 4.69) is 0 Å². The SMILES string of the molecule is CC(C)N1CC2(C1)c1c(sc(N)c1C#N)CC2(F)F. The number of nitriles is 1. The highest BCUT2D eigenvalue weighted by Crippen LogP contribution is 2.58. The summed E-state index contributed by atoms with van der Waals surface area (Å²) >= 11 is 1.15. The molecule has 3 nitrogen and oxygen atoms in total. The van der Waals surface area contributed by atoms with Crippen LogP contribution in [0.5, 0.6) is 0 Å². The number of hydrogen-bond acceptors (Lipinski definition) is 4. The van der Waals surface area contributed by atoms with Gasteiger partial charge in [0, 0.05) is 36.0 Å². The first-order valence-corrected chi connectivity index (χ1v) is 7.07. The zero-order chi connectivity index (χ0) is 14.0. The molecule has 1 spiro atoms. The van der Waals surface area contributed by atoms with Gasteiger partial charge in [-0.2, -0.15) is 5.26 Å². The van der Waals surface area contributed by atoms with Crippen LogP contribution >= 0.6 is 11.3 Å². The Kier molecular flexibility index (Phi) is 2.48. The highest BCUT2D eigenvalue weighted by molar-refractivity contribution is 7.16. The Balaban J connectivity index is 2.09. The molecular formula is C13H15F2N3S. The number of nitrogens with zero attached hydrogens (tertiary/aromatic N) is 2. The molecule has 1 saturated heterocycles. The molecule has 2 N–H and O–H groups in total. The molecule has 0 saturated carbocycles. The summed E-state index contributed by atoms with van der Waals surface area (Å²) in [5, 5.41) is 9.57. The smallest absolute Gasteiger partial charge is 0.264 e. The van der Waals surface area contributed by atoms with Gasteiger partial charge in [-0.3, -0.25) is 4.90 Å². The number of nitrogen functional groups attached to an aromatic ring is 1. The van der Waals surface area contributed by atoms with Gasteiger partial charge in [0.15, 0.2) is 0 Å². The molecule has 1 aromatic rings. The summed E-state index contributed by atoms with van der Waals surface area (Å²) in [5.74, 6) is -2.77. The minimum atomic E-state index is -2.77. The van der Waals surface area contributed by atoms with Gasteiger partial charge in [0.05, 0.1) is 11.0 Å². The average molecular weight is 283 g/mol. The summed E-state index contributed by atoms with van der Waals surface area (Å²) < 4.78 is 28.8. The normalized spacial score (nSPS) is 23.4. The molecule has 2 heterocycles. The summed E-state index contributed by atoms with van der Waals surface area (Å²) in [4.78, 5) is 2.61. The largest absolute Gasteiger partial charge is 0.389 e. The van der Waals surface area contributed by atoms with Crippen molar-refractivity contribution >= 4 is 16.3 Å². The van der Waals surface area contributed by atoms with Gasteiger partial charge in [0.25, 0.3) is 5.92 Å². The molecule has 0 amide bonds. The average Bonchev–Trinajstić information content (AvgIpc) is 2.62. The van der Waals surface area contributed by atoms with Gasteiger partial charge in [0.1, 0.15) is 11.1 Å². The van der Waals surface area contributed by atoms with Gasteiger partial charge in [-0.1, -0.05) is 0 Å². The van der Waals surface area contributed by atoms with E-state index in [0.29, 0.717) is 28.5 Å². The van der Waals surface area contributed by atoms with Crippen LogP contribution < -0.4 is 5.73 Å². The molecule has 1 aliphatic carbocycles. The maximum atomic E-state index is 14.4. The first-order valence-electron chi connectivity index (χ1n) is 6.26. The van der Waals surface area contributed by atoms with Crippen molar-refractivity contribution in [1.82, 2.24) is 4.90 Å². The fourth-order valence-corrected chi connectivity index (χ4v) is 4.36. The van der Waals surface area contributed by atoms with E-state index >= 15 is 0 Å². The van der Waals surface area contributed by atoms with Crippen molar-refractivity contribution in [3.05, 3.63) is 16.0 Å². The molecule has 102 valence electrons. The number of rotatable bonds is 1. The second-order valence-corrected chi connectivity index (χ2v) is 6.85. The monoisotopic (exact) mass is 283 g/mol. The number of alkyl halides is 2. The standard InChI is InChI=1S/C13H15F2N3S/c1-7(2)18-5-12(6-18)10-8(4-16)11(17)19-9(10)3-13(12,14)15/h7H,3,5-6,17H2,1-2H3. The lowest BCUT2D eigenvalue weighted by atomic mass is 9.71. The molecule has 1 aliphatic heterocycles. The van der Waals surface area contributed by atoms with Crippen LogP contribution in [0.25, 0.3) is 0 Å². The lowest BCUT2D eigenvalue weighted by Crippen LogP contribution is -2.67. The summed E-state index contributed by atoms with van der Waals surface area (Å²) in [7, 11) is 0. The van der Waals surface area contributed by atoms with E-state index in [-0.39, 0.29) is 18.0 Å². The minimum Gasteiger partial charge on any atom is -0.389 e. The summed E-state index contributed by atoms with van der Waals surface area (Å²) in [6.45, 7) is 4.62. The second-order valence-electron chi connectivity index (χ2n) is 5.71. The molecule has 0 bridgehead atoms. The van der Waals surface area contributed by atoms with E-state index in [0.717, 1.165) is 11.3 Å². The van der Waals surface area contributed by atoms with Crippen LogP contribution in [0.2, 0.25) is 0 Å². The number of fused-ring (bicyclic) bond motifs is 2. The Morgan fingerprint density at radius 1 is 1.42 bits per heavy atom. The zero-order valence-electron chi connectivity index (χ0n) is 10.8. The lowest BCUT2D eigenvalue weighted by molar-refractivity contribution is -0.137. The number of halogens is 2. The van der Waals surface area contributed by atoms with Crippen molar-refractivity contribution < 1.29 is 8.78 Å². The van der Waals surface area contributed by atoms with Crippen molar-refractivity contribution in [3.8, 4) is 6.07 Å². The molecule has 0 atom stereocenters. The predicted molar refractivity (Wildman–Crippen MR) is 70.5 cm³/mol. The Morgan fingerprint density at radius 2 is 2.05 bits per heavy atom. The van der Waals surface area contributed by atoms with Gasteiger partial charge in [-0.25, -0.2) is 8.78 Å². The zero-order valence-corrected chi connectivity index (χ0v) is 11.7. The number of hydrogen-bond donors (Lipinski definition) is 1. The molecule has 1 fully saturated rings. The van der Waals surface area contributed by atoms with Crippen LogP contribution in [0.4, 0.5) is 13.8 Å². The second kappa shape index (κ2) is 3.68. The molecule has 19 heavy (non-hydrogen) atoms. The molecule has 1 aromatic heterocycles. The van der Waals surface area contributed by atoms with E-state index in [9.17, 15) is 14.0 Å². The number of likely N-dealkylation sites (tertiary alicyclic amines) is 1. The summed E-state index contributed by atoms with van der Waals surface area (Å²) in [5.41, 5.74) is 5.40. The number of thiophene rings is 1.